The number of rotatable bonds is 6. The lowest BCUT2D eigenvalue weighted by atomic mass is 10.1. The average Bonchev–Trinajstić information content (AvgIpc) is 3.24. The summed E-state index contributed by atoms with van der Waals surface area (Å²) in [6.45, 7) is 1.65. The highest BCUT2D eigenvalue weighted by molar-refractivity contribution is 6.08. The Hall–Kier alpha value is -3.69. The molecule has 1 aromatic heterocycles. The summed E-state index contributed by atoms with van der Waals surface area (Å²) in [5.74, 6) is -1.12. The molecule has 1 aliphatic rings. The van der Waals surface area contributed by atoms with Crippen LogP contribution < -0.4 is 16.0 Å². The number of primary amides is 1. The number of hydrogen-bond acceptors (Lipinski definition) is 6. The fourth-order valence-electron chi connectivity index (χ4n) is 3.46. The van der Waals surface area contributed by atoms with Gasteiger partial charge >= 0.3 is 0 Å². The zero-order valence-electron chi connectivity index (χ0n) is 16.8. The van der Waals surface area contributed by atoms with E-state index >= 15 is 0 Å². The Kier molecular flexibility index (Phi) is 5.96. The van der Waals surface area contributed by atoms with Gasteiger partial charge < -0.3 is 25.8 Å². The topological polar surface area (TPSA) is 123 Å². The van der Waals surface area contributed by atoms with Crippen LogP contribution in [0.4, 0.5) is 11.4 Å². The highest BCUT2D eigenvalue weighted by atomic mass is 16.5. The third kappa shape index (κ3) is 4.57. The van der Waals surface area contributed by atoms with Crippen LogP contribution in [0.3, 0.4) is 0 Å². The minimum atomic E-state index is -0.734. The number of aliphatic hydroxyl groups is 1. The number of morpholine rings is 1. The number of nitrogens with one attached hydrogen (secondary N) is 1. The minimum absolute atomic E-state index is 0.0210. The van der Waals surface area contributed by atoms with Gasteiger partial charge in [-0.25, -0.2) is 4.68 Å². The van der Waals surface area contributed by atoms with Crippen molar-refractivity contribution >= 4 is 23.2 Å². The summed E-state index contributed by atoms with van der Waals surface area (Å²) < 4.78 is 6.98. The Morgan fingerprint density at radius 2 is 1.94 bits per heavy atom. The fourth-order valence-corrected chi connectivity index (χ4v) is 3.46. The number of amides is 2. The van der Waals surface area contributed by atoms with Gasteiger partial charge in [-0.15, -0.1) is 0 Å². The van der Waals surface area contributed by atoms with E-state index in [2.05, 4.69) is 15.3 Å². The molecule has 1 aliphatic heterocycles. The van der Waals surface area contributed by atoms with Crippen molar-refractivity contribution in [1.29, 1.82) is 0 Å². The van der Waals surface area contributed by atoms with Gasteiger partial charge in [-0.2, -0.15) is 5.10 Å². The number of nitrogens with zero attached hydrogens (tertiary/aromatic N) is 3. The maximum absolute atomic E-state index is 12.9. The summed E-state index contributed by atoms with van der Waals surface area (Å²) in [5, 5.41) is 16.3. The lowest BCUT2D eigenvalue weighted by molar-refractivity contribution is 0.00357. The van der Waals surface area contributed by atoms with E-state index in [-0.39, 0.29) is 30.0 Å². The molecule has 3 aromatic rings. The van der Waals surface area contributed by atoms with Crippen molar-refractivity contribution in [3.63, 3.8) is 0 Å². The zero-order valence-corrected chi connectivity index (χ0v) is 16.8. The zero-order chi connectivity index (χ0) is 21.8. The number of hydrogen-bond donors (Lipinski definition) is 3. The second kappa shape index (κ2) is 8.99. The van der Waals surface area contributed by atoms with Gasteiger partial charge in [-0.1, -0.05) is 24.3 Å². The first-order chi connectivity index (χ1) is 15.0. The largest absolute Gasteiger partial charge is 0.394 e. The normalized spacial score (nSPS) is 16.2. The molecule has 1 atom stereocenters. The summed E-state index contributed by atoms with van der Waals surface area (Å²) in [6.07, 6.45) is 1.30. The number of nitrogens with two attached hydrogens (primary N) is 1. The Balaban J connectivity index is 1.56. The standard InChI is InChI=1S/C22H23N5O4/c23-21(29)20-19(13-27(25-20)16-6-2-1-3-7-16)24-22(30)15-5-4-8-17(11-15)26-9-10-31-18(12-26)14-28/h1-8,11,13,18,28H,9-10,12,14H2,(H2,23,29)(H,24,30). The van der Waals surface area contributed by atoms with Gasteiger partial charge in [0, 0.05) is 24.3 Å². The van der Waals surface area contributed by atoms with Gasteiger partial charge in [0.2, 0.25) is 0 Å². The number of anilines is 2. The molecule has 9 heteroatoms. The Morgan fingerprint density at radius 1 is 1.16 bits per heavy atom. The van der Waals surface area contributed by atoms with Crippen LogP contribution in [0.25, 0.3) is 5.69 Å². The van der Waals surface area contributed by atoms with Crippen LogP contribution in [-0.2, 0) is 4.74 Å². The first-order valence-corrected chi connectivity index (χ1v) is 9.89. The molecule has 2 aromatic carbocycles. The van der Waals surface area contributed by atoms with Crippen molar-refractivity contribution in [1.82, 2.24) is 9.78 Å². The Labute approximate surface area is 179 Å². The molecule has 160 valence electrons. The molecule has 31 heavy (non-hydrogen) atoms. The summed E-state index contributed by atoms with van der Waals surface area (Å²) in [5.41, 5.74) is 7.69. The molecule has 2 amide bonds. The Bertz CT molecular complexity index is 1080. The number of ether oxygens (including phenoxy) is 1. The lowest BCUT2D eigenvalue weighted by Crippen LogP contribution is -2.44. The minimum Gasteiger partial charge on any atom is -0.394 e. The van der Waals surface area contributed by atoms with E-state index in [1.54, 1.807) is 24.4 Å². The predicted octanol–water partition coefficient (Wildman–Crippen LogP) is 1.42. The second-order valence-electron chi connectivity index (χ2n) is 7.16. The molecule has 0 aliphatic carbocycles. The SMILES string of the molecule is NC(=O)c1nn(-c2ccccc2)cc1NC(=O)c1cccc(N2CCOC(CO)C2)c1. The van der Waals surface area contributed by atoms with Crippen molar-refractivity contribution in [2.45, 2.75) is 6.10 Å². The van der Waals surface area contributed by atoms with Crippen molar-refractivity contribution in [2.24, 2.45) is 5.73 Å². The van der Waals surface area contributed by atoms with E-state index in [1.807, 2.05) is 36.4 Å². The van der Waals surface area contributed by atoms with Crippen LogP contribution in [0.2, 0.25) is 0 Å². The van der Waals surface area contributed by atoms with Crippen molar-refractivity contribution in [2.75, 3.05) is 36.5 Å². The number of aromatic nitrogens is 2. The van der Waals surface area contributed by atoms with Crippen LogP contribution in [0.5, 0.6) is 0 Å². The molecule has 2 heterocycles. The van der Waals surface area contributed by atoms with Crippen LogP contribution in [0.1, 0.15) is 20.8 Å². The molecule has 1 unspecified atom stereocenters. The molecule has 4 rings (SSSR count). The first-order valence-electron chi connectivity index (χ1n) is 9.89. The monoisotopic (exact) mass is 421 g/mol. The number of aliphatic hydroxyl groups excluding tert-OH is 1. The number of carbonyl (C=O) groups excluding carboxylic acids is 2. The maximum Gasteiger partial charge on any atom is 0.271 e. The van der Waals surface area contributed by atoms with Crippen molar-refractivity contribution in [3.8, 4) is 5.69 Å². The molecular weight excluding hydrogens is 398 g/mol. The molecular formula is C22H23N5O4. The van der Waals surface area contributed by atoms with E-state index in [4.69, 9.17) is 10.5 Å². The molecule has 0 radical (unpaired) electrons. The van der Waals surface area contributed by atoms with E-state index in [0.29, 0.717) is 25.3 Å². The van der Waals surface area contributed by atoms with E-state index in [0.717, 1.165) is 11.4 Å². The predicted molar refractivity (Wildman–Crippen MR) is 116 cm³/mol. The smallest absolute Gasteiger partial charge is 0.271 e. The summed E-state index contributed by atoms with van der Waals surface area (Å²) in [7, 11) is 0. The molecule has 4 N–H and O–H groups in total. The third-order valence-electron chi connectivity index (χ3n) is 5.03. The fraction of sp³-hybridized carbons (Fsp3) is 0.227. The van der Waals surface area contributed by atoms with E-state index in [9.17, 15) is 14.7 Å². The highest BCUT2D eigenvalue weighted by Gasteiger charge is 2.22. The molecule has 1 saturated heterocycles. The van der Waals surface area contributed by atoms with E-state index < -0.39 is 5.91 Å². The van der Waals surface area contributed by atoms with Crippen LogP contribution in [0.15, 0.2) is 60.8 Å². The highest BCUT2D eigenvalue weighted by Crippen LogP contribution is 2.22. The van der Waals surface area contributed by atoms with Crippen molar-refractivity contribution in [3.05, 3.63) is 72.1 Å². The van der Waals surface area contributed by atoms with Crippen LogP contribution >= 0.6 is 0 Å². The number of para-hydroxylation sites is 1. The van der Waals surface area contributed by atoms with Gasteiger partial charge in [-0.3, -0.25) is 9.59 Å². The second-order valence-corrected chi connectivity index (χ2v) is 7.16. The molecule has 0 saturated carbocycles. The molecule has 0 bridgehead atoms. The lowest BCUT2D eigenvalue weighted by Gasteiger charge is -2.33. The average molecular weight is 421 g/mol. The third-order valence-corrected chi connectivity index (χ3v) is 5.03. The van der Waals surface area contributed by atoms with Gasteiger partial charge in [0.15, 0.2) is 5.69 Å². The summed E-state index contributed by atoms with van der Waals surface area (Å²) in [4.78, 5) is 26.8. The van der Waals surface area contributed by atoms with E-state index in [1.165, 1.54) is 4.68 Å². The molecule has 9 nitrogen and oxygen atoms in total. The van der Waals surface area contributed by atoms with Gasteiger partial charge in [0.1, 0.15) is 0 Å². The van der Waals surface area contributed by atoms with Crippen LogP contribution in [-0.4, -0.2) is 59.1 Å². The van der Waals surface area contributed by atoms with Gasteiger partial charge in [0.05, 0.1) is 36.9 Å². The molecule has 0 spiro atoms. The van der Waals surface area contributed by atoms with Crippen molar-refractivity contribution < 1.29 is 19.4 Å². The van der Waals surface area contributed by atoms with Gasteiger partial charge in [0.25, 0.3) is 11.8 Å². The Morgan fingerprint density at radius 3 is 2.68 bits per heavy atom. The first kappa shape index (κ1) is 20.6. The number of carbonyl (C=O) groups is 2. The quantitative estimate of drug-likeness (QED) is 0.553. The summed E-state index contributed by atoms with van der Waals surface area (Å²) in [6, 6.07) is 16.4. The maximum atomic E-state index is 12.9. The van der Waals surface area contributed by atoms with Crippen LogP contribution in [0, 0.1) is 0 Å². The van der Waals surface area contributed by atoms with Gasteiger partial charge in [-0.05, 0) is 30.3 Å². The molecule has 1 fully saturated rings. The number of benzene rings is 2. The summed E-state index contributed by atoms with van der Waals surface area (Å²) >= 11 is 0.